The number of esters is 1. The van der Waals surface area contributed by atoms with Crippen LogP contribution in [0.3, 0.4) is 0 Å². The molecule has 3 rings (SSSR count). The van der Waals surface area contributed by atoms with Gasteiger partial charge in [-0.2, -0.15) is 5.26 Å². The Balaban J connectivity index is 1.69. The van der Waals surface area contributed by atoms with Crippen LogP contribution in [0.1, 0.15) is 31.8 Å². The molecule has 0 spiro atoms. The van der Waals surface area contributed by atoms with Crippen LogP contribution in [0.25, 0.3) is 0 Å². The van der Waals surface area contributed by atoms with Gasteiger partial charge in [-0.15, -0.1) is 0 Å². The van der Waals surface area contributed by atoms with Crippen LogP contribution < -0.4 is 5.32 Å². The summed E-state index contributed by atoms with van der Waals surface area (Å²) in [6.07, 6.45) is 0. The highest BCUT2D eigenvalue weighted by Gasteiger charge is 2.21. The molecular formula is C26H20N2O5. The zero-order valence-electron chi connectivity index (χ0n) is 17.5. The van der Waals surface area contributed by atoms with E-state index in [0.717, 1.165) is 5.56 Å². The predicted octanol–water partition coefficient (Wildman–Crippen LogP) is 3.73. The Kier molecular flexibility index (Phi) is 7.71. The molecule has 0 aliphatic heterocycles. The summed E-state index contributed by atoms with van der Waals surface area (Å²) in [4.78, 5) is 37.7. The summed E-state index contributed by atoms with van der Waals surface area (Å²) in [6, 6.07) is 25.2. The average Bonchev–Trinajstić information content (AvgIpc) is 2.87. The van der Waals surface area contributed by atoms with E-state index in [0.29, 0.717) is 5.56 Å². The highest BCUT2D eigenvalue weighted by atomic mass is 16.5. The van der Waals surface area contributed by atoms with E-state index in [2.05, 4.69) is 5.32 Å². The van der Waals surface area contributed by atoms with Gasteiger partial charge >= 0.3 is 5.97 Å². The van der Waals surface area contributed by atoms with Crippen molar-refractivity contribution in [2.24, 2.45) is 0 Å². The molecule has 3 aromatic carbocycles. The fourth-order valence-corrected chi connectivity index (χ4v) is 3.00. The number of nitrogens with zero attached hydrogens (tertiary/aromatic N) is 1. The highest BCUT2D eigenvalue weighted by Crippen LogP contribution is 2.16. The van der Waals surface area contributed by atoms with E-state index < -0.39 is 29.8 Å². The lowest BCUT2D eigenvalue weighted by atomic mass is 9.98. The summed E-state index contributed by atoms with van der Waals surface area (Å²) in [6.45, 7) is -0.540. The maximum Gasteiger partial charge on any atom is 0.339 e. The zero-order valence-corrected chi connectivity index (χ0v) is 17.5. The number of ketones is 1. The monoisotopic (exact) mass is 440 g/mol. The molecular weight excluding hydrogens is 420 g/mol. The molecule has 0 aliphatic rings. The number of hydrogen-bond acceptors (Lipinski definition) is 6. The molecule has 1 amide bonds. The lowest BCUT2D eigenvalue weighted by Crippen LogP contribution is -2.26. The van der Waals surface area contributed by atoms with Crippen molar-refractivity contribution in [3.05, 3.63) is 119 Å². The predicted molar refractivity (Wildman–Crippen MR) is 120 cm³/mol. The largest absolute Gasteiger partial charge is 0.507 e. The van der Waals surface area contributed by atoms with E-state index in [1.165, 1.54) is 12.1 Å². The Hall–Kier alpha value is -4.70. The number of rotatable bonds is 8. The second-order valence-electron chi connectivity index (χ2n) is 6.92. The van der Waals surface area contributed by atoms with Crippen molar-refractivity contribution in [2.75, 3.05) is 6.61 Å². The van der Waals surface area contributed by atoms with Gasteiger partial charge in [0.05, 0.1) is 5.56 Å². The van der Waals surface area contributed by atoms with Gasteiger partial charge in [-0.3, -0.25) is 9.59 Å². The van der Waals surface area contributed by atoms with Crippen LogP contribution in [0.4, 0.5) is 0 Å². The van der Waals surface area contributed by atoms with Crippen molar-refractivity contribution in [2.45, 2.75) is 6.54 Å². The number of aliphatic hydroxyl groups is 1. The number of hydrogen-bond donors (Lipinski definition) is 2. The van der Waals surface area contributed by atoms with Gasteiger partial charge in [0.15, 0.2) is 17.1 Å². The molecule has 0 saturated carbocycles. The van der Waals surface area contributed by atoms with E-state index >= 15 is 0 Å². The molecule has 0 fully saturated rings. The van der Waals surface area contributed by atoms with Gasteiger partial charge in [0.2, 0.25) is 0 Å². The summed E-state index contributed by atoms with van der Waals surface area (Å²) in [5, 5.41) is 22.0. The Labute approximate surface area is 190 Å². The molecule has 0 aliphatic carbocycles. The molecule has 0 unspecified atom stereocenters. The standard InChI is InChI=1S/C26H20N2O5/c27-15-22(25(31)28-16-18-9-3-1-4-10-18)23(29)17-33-26(32)21-14-8-7-13-20(21)24(30)19-11-5-2-6-12-19/h1-14,29H,16-17H2,(H,28,31)/b23-22-. The van der Waals surface area contributed by atoms with Gasteiger partial charge < -0.3 is 15.2 Å². The molecule has 2 N–H and O–H groups in total. The maximum atomic E-state index is 12.8. The van der Waals surface area contributed by atoms with Crippen LogP contribution in [0.15, 0.2) is 96.3 Å². The summed E-state index contributed by atoms with van der Waals surface area (Å²) in [7, 11) is 0. The molecule has 164 valence electrons. The van der Waals surface area contributed by atoms with Crippen molar-refractivity contribution < 1.29 is 24.2 Å². The first-order chi connectivity index (χ1) is 16.0. The number of aliphatic hydroxyl groups excluding tert-OH is 1. The first kappa shape index (κ1) is 23.0. The van der Waals surface area contributed by atoms with Crippen molar-refractivity contribution in [3.63, 3.8) is 0 Å². The quantitative estimate of drug-likeness (QED) is 0.181. The van der Waals surface area contributed by atoms with Crippen LogP contribution in [0.2, 0.25) is 0 Å². The molecule has 3 aromatic rings. The van der Waals surface area contributed by atoms with Crippen molar-refractivity contribution in [1.82, 2.24) is 5.32 Å². The van der Waals surface area contributed by atoms with Crippen molar-refractivity contribution >= 4 is 17.7 Å². The normalized spacial score (nSPS) is 11.0. The van der Waals surface area contributed by atoms with Crippen molar-refractivity contribution in [3.8, 4) is 6.07 Å². The molecule has 0 aromatic heterocycles. The van der Waals surface area contributed by atoms with Gasteiger partial charge in [0.25, 0.3) is 5.91 Å². The molecule has 0 saturated heterocycles. The first-order valence-electron chi connectivity index (χ1n) is 10.0. The van der Waals surface area contributed by atoms with Crippen LogP contribution in [0, 0.1) is 11.3 Å². The molecule has 7 nitrogen and oxygen atoms in total. The second kappa shape index (κ2) is 11.1. The minimum atomic E-state index is -0.872. The van der Waals surface area contributed by atoms with Crippen LogP contribution in [-0.4, -0.2) is 29.4 Å². The summed E-state index contributed by atoms with van der Waals surface area (Å²) in [5.74, 6) is -2.72. The molecule has 0 atom stereocenters. The van der Waals surface area contributed by atoms with Gasteiger partial charge in [-0.25, -0.2) is 4.79 Å². The van der Waals surface area contributed by atoms with E-state index in [-0.39, 0.29) is 23.5 Å². The van der Waals surface area contributed by atoms with E-state index in [9.17, 15) is 24.8 Å². The number of amides is 1. The Morgan fingerprint density at radius 1 is 0.848 bits per heavy atom. The third-order valence-corrected chi connectivity index (χ3v) is 4.69. The molecule has 0 bridgehead atoms. The lowest BCUT2D eigenvalue weighted by molar-refractivity contribution is -0.117. The van der Waals surface area contributed by atoms with E-state index in [4.69, 9.17) is 4.74 Å². The topological polar surface area (TPSA) is 116 Å². The average molecular weight is 440 g/mol. The maximum absolute atomic E-state index is 12.8. The molecule has 33 heavy (non-hydrogen) atoms. The minimum Gasteiger partial charge on any atom is -0.507 e. The third-order valence-electron chi connectivity index (χ3n) is 4.69. The smallest absolute Gasteiger partial charge is 0.339 e. The number of carbonyl (C=O) groups excluding carboxylic acids is 3. The fourth-order valence-electron chi connectivity index (χ4n) is 3.00. The van der Waals surface area contributed by atoms with Crippen molar-refractivity contribution in [1.29, 1.82) is 5.26 Å². The van der Waals surface area contributed by atoms with Crippen LogP contribution in [-0.2, 0) is 16.1 Å². The van der Waals surface area contributed by atoms with E-state index in [1.54, 1.807) is 72.8 Å². The number of benzene rings is 3. The van der Waals surface area contributed by atoms with E-state index in [1.807, 2.05) is 6.07 Å². The number of carbonyl (C=O) groups is 3. The minimum absolute atomic E-state index is 0.00573. The van der Waals surface area contributed by atoms with Crippen LogP contribution in [0.5, 0.6) is 0 Å². The zero-order chi connectivity index (χ0) is 23.6. The Bertz CT molecular complexity index is 1230. The summed E-state index contributed by atoms with van der Waals surface area (Å²) >= 11 is 0. The molecule has 0 heterocycles. The lowest BCUT2D eigenvalue weighted by Gasteiger charge is -2.10. The number of ether oxygens (including phenoxy) is 1. The first-order valence-corrected chi connectivity index (χ1v) is 10.0. The number of nitriles is 1. The third kappa shape index (κ3) is 5.93. The second-order valence-corrected chi connectivity index (χ2v) is 6.92. The highest BCUT2D eigenvalue weighted by molar-refractivity contribution is 6.14. The summed E-state index contributed by atoms with van der Waals surface area (Å²) < 4.78 is 5.08. The van der Waals surface area contributed by atoms with Gasteiger partial charge in [0, 0.05) is 17.7 Å². The van der Waals surface area contributed by atoms with Gasteiger partial charge in [-0.1, -0.05) is 78.9 Å². The Morgan fingerprint density at radius 2 is 1.42 bits per heavy atom. The SMILES string of the molecule is N#C/C(C(=O)NCc1ccccc1)=C(/O)COC(=O)c1ccccc1C(=O)c1ccccc1. The molecule has 0 radical (unpaired) electrons. The Morgan fingerprint density at radius 3 is 2.06 bits per heavy atom. The fraction of sp³-hybridized carbons (Fsp3) is 0.0769. The van der Waals surface area contributed by atoms with Gasteiger partial charge in [-0.05, 0) is 11.6 Å². The summed E-state index contributed by atoms with van der Waals surface area (Å²) in [5.41, 5.74) is 0.799. The number of nitrogens with one attached hydrogen (secondary N) is 1. The van der Waals surface area contributed by atoms with Crippen LogP contribution >= 0.6 is 0 Å². The molecule has 7 heteroatoms. The van der Waals surface area contributed by atoms with Gasteiger partial charge in [0.1, 0.15) is 12.7 Å².